The van der Waals surface area contributed by atoms with Gasteiger partial charge in [0.15, 0.2) is 0 Å². The number of hydrogen-bond acceptors (Lipinski definition) is 5. The fraction of sp³-hybridized carbons (Fsp3) is 0.278. The summed E-state index contributed by atoms with van der Waals surface area (Å²) in [4.78, 5) is 17.0. The third-order valence-corrected chi connectivity index (χ3v) is 3.93. The summed E-state index contributed by atoms with van der Waals surface area (Å²) in [6.45, 7) is 3.58. The fourth-order valence-electron chi connectivity index (χ4n) is 2.79. The van der Waals surface area contributed by atoms with Gasteiger partial charge in [-0.25, -0.2) is 18.6 Å². The number of rotatable bonds is 4. The first kappa shape index (κ1) is 17.8. The number of nitrogens with zero attached hydrogens (tertiary/aromatic N) is 3. The predicted molar refractivity (Wildman–Crippen MR) is 90.9 cm³/mol. The van der Waals surface area contributed by atoms with Crippen LogP contribution in [-0.2, 0) is 7.05 Å². The van der Waals surface area contributed by atoms with Gasteiger partial charge >= 0.3 is 5.97 Å². The number of carbonyl (C=O) groups excluding carboxylic acids is 1. The lowest BCUT2D eigenvalue weighted by Gasteiger charge is -2.13. The van der Waals surface area contributed by atoms with E-state index in [0.29, 0.717) is 22.3 Å². The molecule has 0 unspecified atom stereocenters. The van der Waals surface area contributed by atoms with E-state index in [9.17, 15) is 13.6 Å². The van der Waals surface area contributed by atoms with Gasteiger partial charge in [0.25, 0.3) is 6.43 Å². The molecule has 0 radical (unpaired) electrons. The molecule has 3 aromatic rings. The Kier molecular flexibility index (Phi) is 4.58. The number of aromatic nitrogens is 3. The van der Waals surface area contributed by atoms with E-state index >= 15 is 0 Å². The Morgan fingerprint density at radius 3 is 2.62 bits per heavy atom. The van der Waals surface area contributed by atoms with Crippen molar-refractivity contribution >= 4 is 16.9 Å². The maximum atomic E-state index is 13.1. The Hall–Kier alpha value is -3.03. The molecule has 1 aromatic carbocycles. The number of fused-ring (bicyclic) bond motifs is 1. The minimum Gasteiger partial charge on any atom is -0.494 e. The molecule has 8 heteroatoms. The number of methoxy groups -OCH3 is 1. The van der Waals surface area contributed by atoms with E-state index < -0.39 is 18.1 Å². The van der Waals surface area contributed by atoms with Crippen molar-refractivity contribution in [2.24, 2.45) is 7.05 Å². The lowest BCUT2D eigenvalue weighted by Crippen LogP contribution is -2.11. The van der Waals surface area contributed by atoms with Crippen LogP contribution < -0.4 is 9.47 Å². The minimum atomic E-state index is -2.88. The van der Waals surface area contributed by atoms with Crippen LogP contribution in [0, 0.1) is 13.8 Å². The molecule has 0 N–H and O–H groups in total. The number of ether oxygens (including phenoxy) is 2. The Morgan fingerprint density at radius 2 is 1.96 bits per heavy atom. The van der Waals surface area contributed by atoms with Gasteiger partial charge in [0.2, 0.25) is 0 Å². The van der Waals surface area contributed by atoms with Crippen LogP contribution >= 0.6 is 0 Å². The van der Waals surface area contributed by atoms with Gasteiger partial charge in [-0.05, 0) is 25.5 Å². The molecule has 26 heavy (non-hydrogen) atoms. The van der Waals surface area contributed by atoms with Crippen molar-refractivity contribution in [1.29, 1.82) is 0 Å². The number of esters is 1. The molecular weight excluding hydrogens is 344 g/mol. The second kappa shape index (κ2) is 6.70. The zero-order valence-corrected chi connectivity index (χ0v) is 14.7. The zero-order chi connectivity index (χ0) is 19.0. The standard InChI is InChI=1S/C18H17F2N3O3/c1-9-5-6-12(25-4)16-14(9)13(7-10(2)21-16)26-18(24)11-8-23(3)22-15(11)17(19)20/h5-8,17H,1-4H3. The Morgan fingerprint density at radius 1 is 1.23 bits per heavy atom. The quantitative estimate of drug-likeness (QED) is 0.662. The lowest BCUT2D eigenvalue weighted by molar-refractivity contribution is 0.0724. The topological polar surface area (TPSA) is 66.2 Å². The van der Waals surface area contributed by atoms with Crippen LogP contribution in [0.3, 0.4) is 0 Å². The van der Waals surface area contributed by atoms with E-state index in [1.54, 1.807) is 19.1 Å². The number of aryl methyl sites for hydroxylation is 3. The molecule has 3 rings (SSSR count). The van der Waals surface area contributed by atoms with Gasteiger partial charge in [0.1, 0.15) is 28.3 Å². The molecule has 0 fully saturated rings. The van der Waals surface area contributed by atoms with Gasteiger partial charge in [-0.2, -0.15) is 5.10 Å². The minimum absolute atomic E-state index is 0.234. The van der Waals surface area contributed by atoms with Crippen molar-refractivity contribution in [1.82, 2.24) is 14.8 Å². The number of benzene rings is 1. The highest BCUT2D eigenvalue weighted by Gasteiger charge is 2.25. The summed E-state index contributed by atoms with van der Waals surface area (Å²) in [7, 11) is 2.98. The molecule has 0 spiro atoms. The highest BCUT2D eigenvalue weighted by Crippen LogP contribution is 2.35. The highest BCUT2D eigenvalue weighted by molar-refractivity contribution is 5.98. The fourth-order valence-corrected chi connectivity index (χ4v) is 2.79. The molecule has 0 atom stereocenters. The molecule has 6 nitrogen and oxygen atoms in total. The number of pyridine rings is 1. The number of hydrogen-bond donors (Lipinski definition) is 0. The Labute approximate surface area is 148 Å². The lowest BCUT2D eigenvalue weighted by atomic mass is 10.1. The highest BCUT2D eigenvalue weighted by atomic mass is 19.3. The van der Waals surface area contributed by atoms with Crippen LogP contribution in [0.1, 0.15) is 33.7 Å². The number of halogens is 2. The number of carbonyl (C=O) groups is 1. The second-order valence-electron chi connectivity index (χ2n) is 5.86. The van der Waals surface area contributed by atoms with Gasteiger partial charge in [0.05, 0.1) is 7.11 Å². The van der Waals surface area contributed by atoms with Gasteiger partial charge in [-0.15, -0.1) is 0 Å². The van der Waals surface area contributed by atoms with E-state index in [0.717, 1.165) is 10.2 Å². The van der Waals surface area contributed by atoms with E-state index in [1.165, 1.54) is 20.4 Å². The third kappa shape index (κ3) is 3.10. The molecule has 0 aliphatic rings. The summed E-state index contributed by atoms with van der Waals surface area (Å²) >= 11 is 0. The van der Waals surface area contributed by atoms with Crippen molar-refractivity contribution in [3.63, 3.8) is 0 Å². The van der Waals surface area contributed by atoms with Gasteiger partial charge < -0.3 is 9.47 Å². The molecule has 0 saturated carbocycles. The van der Waals surface area contributed by atoms with E-state index in [2.05, 4.69) is 10.1 Å². The van der Waals surface area contributed by atoms with Crippen LogP contribution in [0.5, 0.6) is 11.5 Å². The average Bonchev–Trinajstić information content (AvgIpc) is 2.97. The zero-order valence-electron chi connectivity index (χ0n) is 14.7. The van der Waals surface area contributed by atoms with Crippen LogP contribution in [0.2, 0.25) is 0 Å². The summed E-state index contributed by atoms with van der Waals surface area (Å²) in [6.07, 6.45) is -1.66. The maximum Gasteiger partial charge on any atom is 0.347 e. The SMILES string of the molecule is COc1ccc(C)c2c(OC(=O)c3cn(C)nc3C(F)F)cc(C)nc12. The summed E-state index contributed by atoms with van der Waals surface area (Å²) in [5.74, 6) is -0.137. The number of alkyl halides is 2. The predicted octanol–water partition coefficient (Wildman–Crippen LogP) is 3.75. The first-order valence-electron chi connectivity index (χ1n) is 7.80. The Bertz CT molecular complexity index is 999. The molecule has 2 heterocycles. The van der Waals surface area contributed by atoms with E-state index in [-0.39, 0.29) is 11.3 Å². The van der Waals surface area contributed by atoms with Crippen molar-refractivity contribution < 1.29 is 23.0 Å². The van der Waals surface area contributed by atoms with Crippen molar-refractivity contribution in [3.05, 3.63) is 46.9 Å². The van der Waals surface area contributed by atoms with Crippen LogP contribution in [0.15, 0.2) is 24.4 Å². The first-order valence-corrected chi connectivity index (χ1v) is 7.80. The first-order chi connectivity index (χ1) is 12.3. The van der Waals surface area contributed by atoms with Gasteiger partial charge in [-0.3, -0.25) is 4.68 Å². The molecule has 136 valence electrons. The van der Waals surface area contributed by atoms with Crippen molar-refractivity contribution in [2.75, 3.05) is 7.11 Å². The molecule has 0 bridgehead atoms. The summed E-state index contributed by atoms with van der Waals surface area (Å²) in [5.41, 5.74) is 1.07. The van der Waals surface area contributed by atoms with Crippen LogP contribution in [0.25, 0.3) is 10.9 Å². The Balaban J connectivity index is 2.11. The van der Waals surface area contributed by atoms with E-state index in [4.69, 9.17) is 9.47 Å². The van der Waals surface area contributed by atoms with Crippen LogP contribution in [0.4, 0.5) is 8.78 Å². The normalized spacial score (nSPS) is 11.2. The molecule has 0 saturated heterocycles. The van der Waals surface area contributed by atoms with Crippen molar-refractivity contribution in [3.8, 4) is 11.5 Å². The molecular formula is C18H17F2N3O3. The summed E-state index contributed by atoms with van der Waals surface area (Å²) < 4.78 is 38.2. The third-order valence-electron chi connectivity index (χ3n) is 3.93. The smallest absolute Gasteiger partial charge is 0.347 e. The van der Waals surface area contributed by atoms with Gasteiger partial charge in [-0.1, -0.05) is 6.07 Å². The van der Waals surface area contributed by atoms with Crippen molar-refractivity contribution in [2.45, 2.75) is 20.3 Å². The largest absolute Gasteiger partial charge is 0.494 e. The maximum absolute atomic E-state index is 13.1. The molecule has 0 amide bonds. The average molecular weight is 361 g/mol. The molecule has 2 aromatic heterocycles. The van der Waals surface area contributed by atoms with Crippen LogP contribution in [-0.4, -0.2) is 27.8 Å². The van der Waals surface area contributed by atoms with Gasteiger partial charge in [0, 0.05) is 30.4 Å². The van der Waals surface area contributed by atoms with E-state index in [1.807, 2.05) is 13.0 Å². The summed E-state index contributed by atoms with van der Waals surface area (Å²) in [6, 6.07) is 5.17. The molecule has 0 aliphatic heterocycles. The summed E-state index contributed by atoms with van der Waals surface area (Å²) in [5, 5.41) is 4.22. The molecule has 0 aliphatic carbocycles. The second-order valence-corrected chi connectivity index (χ2v) is 5.86. The monoisotopic (exact) mass is 361 g/mol.